The van der Waals surface area contributed by atoms with Crippen LogP contribution in [0, 0.1) is 5.41 Å². The Morgan fingerprint density at radius 2 is 1.59 bits per heavy atom. The zero-order valence-corrected chi connectivity index (χ0v) is 19.7. The second-order valence-corrected chi connectivity index (χ2v) is 7.71. The van der Waals surface area contributed by atoms with E-state index in [0.717, 1.165) is 24.0 Å². The van der Waals surface area contributed by atoms with Gasteiger partial charge in [-0.1, -0.05) is 43.7 Å². The molecule has 0 fully saturated rings. The molecule has 0 aliphatic carbocycles. The van der Waals surface area contributed by atoms with Crippen molar-refractivity contribution in [1.29, 1.82) is 5.41 Å². The van der Waals surface area contributed by atoms with Crippen molar-refractivity contribution in [2.45, 2.75) is 19.8 Å². The average Bonchev–Trinajstić information content (AvgIpc) is 2.87. The minimum absolute atomic E-state index is 0.347. The number of benzene rings is 3. The fourth-order valence-corrected chi connectivity index (χ4v) is 3.40. The summed E-state index contributed by atoms with van der Waals surface area (Å²) in [5.41, 5.74) is 4.26. The van der Waals surface area contributed by atoms with E-state index in [1.165, 1.54) is 11.8 Å². The van der Waals surface area contributed by atoms with Crippen LogP contribution in [-0.2, 0) is 15.9 Å². The molecule has 0 radical (unpaired) electrons. The number of hydrogen-bond acceptors (Lipinski definition) is 6. The summed E-state index contributed by atoms with van der Waals surface area (Å²) in [4.78, 5) is 12.6. The second kappa shape index (κ2) is 13.3. The fraction of sp³-hybridized carbons (Fsp3) is 0.286. The summed E-state index contributed by atoms with van der Waals surface area (Å²) >= 11 is 0. The molecule has 0 aliphatic heterocycles. The molecular formula is C28H31NO5. The van der Waals surface area contributed by atoms with Gasteiger partial charge in [0.1, 0.15) is 18.1 Å². The van der Waals surface area contributed by atoms with Gasteiger partial charge in [0.2, 0.25) is 0 Å². The van der Waals surface area contributed by atoms with Crippen molar-refractivity contribution in [3.63, 3.8) is 0 Å². The van der Waals surface area contributed by atoms with Crippen LogP contribution in [0.3, 0.4) is 0 Å². The summed E-state index contributed by atoms with van der Waals surface area (Å²) in [5, 5.41) is 7.78. The zero-order valence-electron chi connectivity index (χ0n) is 19.7. The van der Waals surface area contributed by atoms with E-state index in [2.05, 4.69) is 31.2 Å². The Hall–Kier alpha value is -3.48. The highest BCUT2D eigenvalue weighted by Gasteiger charge is 2.12. The first-order valence-electron chi connectivity index (χ1n) is 11.4. The van der Waals surface area contributed by atoms with E-state index in [1.807, 2.05) is 12.1 Å². The van der Waals surface area contributed by atoms with Crippen molar-refractivity contribution in [3.8, 4) is 22.6 Å². The Bertz CT molecular complexity index is 1060. The molecule has 0 aliphatic rings. The van der Waals surface area contributed by atoms with E-state index in [4.69, 9.17) is 24.4 Å². The maximum Gasteiger partial charge on any atom is 0.343 e. The number of esters is 1. The van der Waals surface area contributed by atoms with Gasteiger partial charge in [-0.05, 0) is 59.5 Å². The molecule has 0 heterocycles. The monoisotopic (exact) mass is 461 g/mol. The number of methoxy groups -OCH3 is 1. The van der Waals surface area contributed by atoms with Gasteiger partial charge in [0.05, 0.1) is 25.4 Å². The molecule has 0 aromatic heterocycles. The normalized spacial score (nSPS) is 10.6. The molecule has 0 saturated heterocycles. The third kappa shape index (κ3) is 7.27. The Morgan fingerprint density at radius 3 is 2.26 bits per heavy atom. The number of nitrogens with one attached hydrogen (secondary N) is 1. The number of carbonyl (C=O) groups excluding carboxylic acids is 1. The van der Waals surface area contributed by atoms with E-state index in [-0.39, 0.29) is 0 Å². The first kappa shape index (κ1) is 25.1. The summed E-state index contributed by atoms with van der Waals surface area (Å²) in [5.74, 6) is 0.496. The van der Waals surface area contributed by atoms with Crippen LogP contribution >= 0.6 is 0 Å². The summed E-state index contributed by atoms with van der Waals surface area (Å²) in [6, 6.07) is 20.6. The number of hydrogen-bond donors (Lipinski definition) is 1. The third-order valence-electron chi connectivity index (χ3n) is 5.21. The molecule has 1 N–H and O–H groups in total. The largest absolute Gasteiger partial charge is 0.491 e. The lowest BCUT2D eigenvalue weighted by molar-refractivity contribution is 0.0544. The lowest BCUT2D eigenvalue weighted by atomic mass is 10.0. The molecule has 6 nitrogen and oxygen atoms in total. The van der Waals surface area contributed by atoms with Crippen LogP contribution in [0.4, 0.5) is 0 Å². The van der Waals surface area contributed by atoms with Gasteiger partial charge in [0.15, 0.2) is 0 Å². The van der Waals surface area contributed by atoms with E-state index in [9.17, 15) is 4.79 Å². The lowest BCUT2D eigenvalue weighted by Gasteiger charge is -2.11. The Kier molecular flexibility index (Phi) is 9.82. The summed E-state index contributed by atoms with van der Waals surface area (Å²) in [6.07, 6.45) is 3.36. The average molecular weight is 462 g/mol. The highest BCUT2D eigenvalue weighted by atomic mass is 16.5. The number of aryl methyl sites for hydroxylation is 1. The third-order valence-corrected chi connectivity index (χ3v) is 5.21. The predicted molar refractivity (Wildman–Crippen MR) is 133 cm³/mol. The van der Waals surface area contributed by atoms with Gasteiger partial charge in [-0.25, -0.2) is 4.79 Å². The first-order chi connectivity index (χ1) is 16.6. The van der Waals surface area contributed by atoms with Gasteiger partial charge in [0, 0.05) is 18.9 Å². The van der Waals surface area contributed by atoms with Crippen LogP contribution in [0.1, 0.15) is 34.8 Å². The van der Waals surface area contributed by atoms with Crippen LogP contribution in [0.5, 0.6) is 11.5 Å². The molecule has 3 aromatic rings. The maximum absolute atomic E-state index is 12.6. The summed E-state index contributed by atoms with van der Waals surface area (Å²) in [6.45, 7) is 4.09. The molecular weight excluding hydrogens is 430 g/mol. The molecule has 0 amide bonds. The summed E-state index contributed by atoms with van der Waals surface area (Å²) < 4.78 is 21.5. The molecule has 0 bridgehead atoms. The van der Waals surface area contributed by atoms with Crippen LogP contribution in [0.2, 0.25) is 0 Å². The molecule has 0 saturated carbocycles. The topological polar surface area (TPSA) is 77.8 Å². The second-order valence-electron chi connectivity index (χ2n) is 7.71. The molecule has 3 aromatic carbocycles. The quantitative estimate of drug-likeness (QED) is 0.156. The van der Waals surface area contributed by atoms with Crippen molar-refractivity contribution in [2.75, 3.05) is 33.5 Å². The number of ether oxygens (including phenoxy) is 4. The smallest absolute Gasteiger partial charge is 0.343 e. The van der Waals surface area contributed by atoms with Crippen LogP contribution in [0.25, 0.3) is 11.1 Å². The highest BCUT2D eigenvalue weighted by molar-refractivity contribution is 5.93. The van der Waals surface area contributed by atoms with Gasteiger partial charge in [-0.3, -0.25) is 0 Å². The van der Waals surface area contributed by atoms with E-state index in [1.54, 1.807) is 37.4 Å². The predicted octanol–water partition coefficient (Wildman–Crippen LogP) is 5.56. The van der Waals surface area contributed by atoms with Crippen molar-refractivity contribution in [3.05, 3.63) is 83.4 Å². The van der Waals surface area contributed by atoms with Crippen molar-refractivity contribution in [2.24, 2.45) is 0 Å². The summed E-state index contributed by atoms with van der Waals surface area (Å²) in [7, 11) is 1.63. The van der Waals surface area contributed by atoms with Gasteiger partial charge < -0.3 is 24.4 Å². The number of rotatable bonds is 13. The van der Waals surface area contributed by atoms with E-state index in [0.29, 0.717) is 49.1 Å². The zero-order chi connectivity index (χ0) is 24.2. The standard InChI is InChI=1S/C28H31NO5/c1-3-4-21-5-7-22(8-6-21)24-11-14-27(25(19-24)20-29)34-28(30)23-9-12-26(13-10-23)33-18-17-32-16-15-31-2/h5-14,19-20,29H,3-4,15-18H2,1-2H3. The van der Waals surface area contributed by atoms with Crippen molar-refractivity contribution >= 4 is 12.2 Å². The van der Waals surface area contributed by atoms with Gasteiger partial charge in [0.25, 0.3) is 0 Å². The Balaban J connectivity index is 1.60. The highest BCUT2D eigenvalue weighted by Crippen LogP contribution is 2.27. The van der Waals surface area contributed by atoms with Crippen molar-refractivity contribution < 1.29 is 23.7 Å². The van der Waals surface area contributed by atoms with E-state index < -0.39 is 5.97 Å². The molecule has 0 unspecified atom stereocenters. The SMILES string of the molecule is CCCc1ccc(-c2ccc(OC(=O)c3ccc(OCCOCCOC)cc3)c(C=N)c2)cc1. The fourth-order valence-electron chi connectivity index (χ4n) is 3.40. The molecule has 3 rings (SSSR count). The van der Waals surface area contributed by atoms with Crippen LogP contribution in [-0.4, -0.2) is 45.7 Å². The van der Waals surface area contributed by atoms with E-state index >= 15 is 0 Å². The van der Waals surface area contributed by atoms with Crippen LogP contribution < -0.4 is 9.47 Å². The molecule has 6 heteroatoms. The lowest BCUT2D eigenvalue weighted by Crippen LogP contribution is -2.11. The van der Waals surface area contributed by atoms with Crippen LogP contribution in [0.15, 0.2) is 66.7 Å². The Morgan fingerprint density at radius 1 is 0.882 bits per heavy atom. The van der Waals surface area contributed by atoms with Crippen molar-refractivity contribution in [1.82, 2.24) is 0 Å². The maximum atomic E-state index is 12.6. The van der Waals surface area contributed by atoms with Gasteiger partial charge >= 0.3 is 5.97 Å². The first-order valence-corrected chi connectivity index (χ1v) is 11.4. The van der Waals surface area contributed by atoms with Gasteiger partial charge in [-0.15, -0.1) is 0 Å². The minimum Gasteiger partial charge on any atom is -0.491 e. The molecule has 0 spiro atoms. The number of carbonyl (C=O) groups is 1. The molecule has 34 heavy (non-hydrogen) atoms. The molecule has 0 atom stereocenters. The molecule has 178 valence electrons. The minimum atomic E-state index is -0.491. The Labute approximate surface area is 200 Å². The van der Waals surface area contributed by atoms with Gasteiger partial charge in [-0.2, -0.15) is 0 Å².